The average Bonchev–Trinajstić information content (AvgIpc) is 3.24. The molecule has 172 valence electrons. The first kappa shape index (κ1) is 22.8. The average molecular weight is 457 g/mol. The van der Waals surface area contributed by atoms with Crippen LogP contribution in [0.15, 0.2) is 47.5 Å². The number of benzene rings is 1. The van der Waals surface area contributed by atoms with Gasteiger partial charge in [-0.1, -0.05) is 55.0 Å². The van der Waals surface area contributed by atoms with Gasteiger partial charge in [0, 0.05) is 26.2 Å². The fourth-order valence-corrected chi connectivity index (χ4v) is 3.99. The molecule has 1 amide bonds. The monoisotopic (exact) mass is 457 g/mol. The van der Waals surface area contributed by atoms with Crippen molar-refractivity contribution in [2.24, 2.45) is 0 Å². The predicted molar refractivity (Wildman–Crippen MR) is 124 cm³/mol. The van der Waals surface area contributed by atoms with Crippen LogP contribution in [0.25, 0.3) is 0 Å². The van der Waals surface area contributed by atoms with Gasteiger partial charge in [0.1, 0.15) is 12.6 Å². The van der Waals surface area contributed by atoms with E-state index in [9.17, 15) is 14.7 Å². The second-order valence-corrected chi connectivity index (χ2v) is 7.75. The van der Waals surface area contributed by atoms with Crippen LogP contribution in [-0.2, 0) is 0 Å². The maximum absolute atomic E-state index is 12.8. The first-order chi connectivity index (χ1) is 16.5. The lowest BCUT2D eigenvalue weighted by atomic mass is 9.97. The van der Waals surface area contributed by atoms with E-state index in [-0.39, 0.29) is 18.8 Å². The SMILES string of the molecule is CCC#Cc1nn(C(c2ccccc2)C2CN(C)C(=O)c3c(O)c(=O)cnn32)cc1C#CCO. The van der Waals surface area contributed by atoms with Crippen LogP contribution in [0.2, 0.25) is 0 Å². The van der Waals surface area contributed by atoms with E-state index in [0.29, 0.717) is 17.7 Å². The summed E-state index contributed by atoms with van der Waals surface area (Å²) in [7, 11) is 1.61. The Bertz CT molecular complexity index is 1360. The molecular weight excluding hydrogens is 434 g/mol. The number of aromatic nitrogens is 4. The third-order valence-electron chi connectivity index (χ3n) is 5.52. The lowest BCUT2D eigenvalue weighted by Gasteiger charge is -2.37. The maximum atomic E-state index is 12.8. The fraction of sp³-hybridized carbons (Fsp3) is 0.280. The zero-order chi connectivity index (χ0) is 24.2. The summed E-state index contributed by atoms with van der Waals surface area (Å²) < 4.78 is 3.11. The first-order valence-corrected chi connectivity index (χ1v) is 10.7. The highest BCUT2D eigenvalue weighted by Crippen LogP contribution is 2.35. The van der Waals surface area contributed by atoms with Crippen molar-refractivity contribution in [1.29, 1.82) is 0 Å². The molecule has 34 heavy (non-hydrogen) atoms. The van der Waals surface area contributed by atoms with Gasteiger partial charge < -0.3 is 15.1 Å². The molecule has 1 aliphatic rings. The van der Waals surface area contributed by atoms with E-state index in [0.717, 1.165) is 11.8 Å². The number of hydrogen-bond donors (Lipinski definition) is 2. The van der Waals surface area contributed by atoms with Gasteiger partial charge in [0.25, 0.3) is 5.91 Å². The molecule has 0 bridgehead atoms. The number of nitrogens with zero attached hydrogens (tertiary/aromatic N) is 5. The molecule has 2 N–H and O–H groups in total. The molecule has 1 aliphatic heterocycles. The Morgan fingerprint density at radius 3 is 2.65 bits per heavy atom. The zero-order valence-electron chi connectivity index (χ0n) is 18.8. The Balaban J connectivity index is 1.95. The number of amides is 1. The van der Waals surface area contributed by atoms with Crippen LogP contribution in [0.1, 0.15) is 52.7 Å². The van der Waals surface area contributed by atoms with Crippen LogP contribution in [0.3, 0.4) is 0 Å². The molecule has 2 atom stereocenters. The highest BCUT2D eigenvalue weighted by atomic mass is 16.3. The molecule has 0 fully saturated rings. The molecule has 9 nitrogen and oxygen atoms in total. The summed E-state index contributed by atoms with van der Waals surface area (Å²) in [6, 6.07) is 8.57. The largest absolute Gasteiger partial charge is 0.502 e. The van der Waals surface area contributed by atoms with Crippen molar-refractivity contribution >= 4 is 5.91 Å². The molecule has 2 aromatic heterocycles. The molecule has 0 spiro atoms. The molecule has 3 aromatic rings. The van der Waals surface area contributed by atoms with Gasteiger partial charge in [-0.25, -0.2) is 4.68 Å². The summed E-state index contributed by atoms with van der Waals surface area (Å²) in [5.41, 5.74) is 1.03. The third kappa shape index (κ3) is 4.17. The van der Waals surface area contributed by atoms with Crippen LogP contribution < -0.4 is 5.43 Å². The van der Waals surface area contributed by atoms with Crippen molar-refractivity contribution in [1.82, 2.24) is 24.5 Å². The third-order valence-corrected chi connectivity index (χ3v) is 5.52. The molecule has 9 heteroatoms. The number of likely N-dealkylation sites (N-methyl/N-ethyl adjacent to an activating group) is 1. The summed E-state index contributed by atoms with van der Waals surface area (Å²) in [4.78, 5) is 26.3. The van der Waals surface area contributed by atoms with E-state index >= 15 is 0 Å². The van der Waals surface area contributed by atoms with Gasteiger partial charge >= 0.3 is 0 Å². The number of hydrogen-bond acceptors (Lipinski definition) is 6. The minimum absolute atomic E-state index is 0.161. The molecule has 3 heterocycles. The second-order valence-electron chi connectivity index (χ2n) is 7.75. The Morgan fingerprint density at radius 1 is 1.18 bits per heavy atom. The lowest BCUT2D eigenvalue weighted by molar-refractivity contribution is 0.0667. The van der Waals surface area contributed by atoms with E-state index in [2.05, 4.69) is 28.8 Å². The maximum Gasteiger partial charge on any atom is 0.275 e. The molecule has 2 unspecified atom stereocenters. The summed E-state index contributed by atoms with van der Waals surface area (Å²) in [6.07, 6.45) is 3.39. The summed E-state index contributed by atoms with van der Waals surface area (Å²) in [5.74, 6) is 10.4. The van der Waals surface area contributed by atoms with Crippen LogP contribution in [0.5, 0.6) is 5.75 Å². The van der Waals surface area contributed by atoms with Gasteiger partial charge in [0.15, 0.2) is 17.1 Å². The molecular formula is C25H23N5O4. The number of aliphatic hydroxyl groups is 1. The summed E-state index contributed by atoms with van der Waals surface area (Å²) >= 11 is 0. The van der Waals surface area contributed by atoms with Crippen molar-refractivity contribution in [3.05, 3.63) is 75.5 Å². The normalized spacial score (nSPS) is 15.6. The Morgan fingerprint density at radius 2 is 1.94 bits per heavy atom. The highest BCUT2D eigenvalue weighted by molar-refractivity contribution is 5.95. The van der Waals surface area contributed by atoms with E-state index in [1.54, 1.807) is 17.9 Å². The standard InChI is InChI=1S/C25H23N5O4/c1-3-4-12-19-18(11-8-13-31)15-29(27-19)22(17-9-6-5-7-10-17)20-16-28(2)25(34)23-24(33)21(32)14-26-30(20)23/h5-7,9-10,14-15,20,22,31,33H,3,13,16H2,1-2H3. The number of aromatic hydroxyl groups is 1. The smallest absolute Gasteiger partial charge is 0.275 e. The second kappa shape index (κ2) is 9.65. The van der Waals surface area contributed by atoms with Gasteiger partial charge in [-0.15, -0.1) is 0 Å². The highest BCUT2D eigenvalue weighted by Gasteiger charge is 2.39. The van der Waals surface area contributed by atoms with Gasteiger partial charge in [-0.2, -0.15) is 10.2 Å². The molecule has 0 radical (unpaired) electrons. The topological polar surface area (TPSA) is 113 Å². The number of rotatable bonds is 3. The predicted octanol–water partition coefficient (Wildman–Crippen LogP) is 1.17. The van der Waals surface area contributed by atoms with Crippen LogP contribution in [0.4, 0.5) is 0 Å². The minimum atomic E-state index is -0.720. The van der Waals surface area contributed by atoms with E-state index in [4.69, 9.17) is 10.2 Å². The van der Waals surface area contributed by atoms with Crippen LogP contribution in [0, 0.1) is 23.7 Å². The van der Waals surface area contributed by atoms with Crippen molar-refractivity contribution in [3.63, 3.8) is 0 Å². The van der Waals surface area contributed by atoms with Crippen molar-refractivity contribution < 1.29 is 15.0 Å². The number of carbonyl (C=O) groups excluding carboxylic acids is 1. The number of carbonyl (C=O) groups is 1. The first-order valence-electron chi connectivity index (χ1n) is 10.7. The Hall–Kier alpha value is -4.34. The quantitative estimate of drug-likeness (QED) is 0.571. The molecule has 0 aliphatic carbocycles. The molecule has 0 saturated carbocycles. The van der Waals surface area contributed by atoms with Crippen LogP contribution in [-0.4, -0.2) is 60.8 Å². The van der Waals surface area contributed by atoms with Gasteiger partial charge in [0.2, 0.25) is 5.43 Å². The van der Waals surface area contributed by atoms with Crippen molar-refractivity contribution in [3.8, 4) is 29.4 Å². The Labute approximate surface area is 196 Å². The van der Waals surface area contributed by atoms with Crippen molar-refractivity contribution in [2.75, 3.05) is 20.2 Å². The number of aliphatic hydroxyl groups excluding tert-OH is 1. The van der Waals surface area contributed by atoms with Gasteiger partial charge in [-0.3, -0.25) is 14.3 Å². The van der Waals surface area contributed by atoms with Gasteiger partial charge in [0.05, 0.1) is 17.8 Å². The summed E-state index contributed by atoms with van der Waals surface area (Å²) in [6.45, 7) is 1.89. The van der Waals surface area contributed by atoms with Crippen LogP contribution >= 0.6 is 0 Å². The molecule has 4 rings (SSSR count). The summed E-state index contributed by atoms with van der Waals surface area (Å²) in [5, 5.41) is 28.5. The minimum Gasteiger partial charge on any atom is -0.502 e. The van der Waals surface area contributed by atoms with E-state index < -0.39 is 29.2 Å². The lowest BCUT2D eigenvalue weighted by Crippen LogP contribution is -2.46. The van der Waals surface area contributed by atoms with Gasteiger partial charge in [-0.05, 0) is 11.5 Å². The fourth-order valence-electron chi connectivity index (χ4n) is 3.99. The van der Waals surface area contributed by atoms with Crippen molar-refractivity contribution in [2.45, 2.75) is 25.4 Å². The molecule has 0 saturated heterocycles. The Kier molecular flexibility index (Phi) is 6.48. The van der Waals surface area contributed by atoms with E-state index in [1.807, 2.05) is 37.3 Å². The van der Waals surface area contributed by atoms with E-state index in [1.165, 1.54) is 9.58 Å². The molecule has 1 aromatic carbocycles. The zero-order valence-corrected chi connectivity index (χ0v) is 18.8. The number of fused-ring (bicyclic) bond motifs is 1.